The molecule has 0 aliphatic carbocycles. The van der Waals surface area contributed by atoms with Crippen molar-refractivity contribution in [2.45, 2.75) is 0 Å². The molecule has 0 atom stereocenters. The van der Waals surface area contributed by atoms with E-state index in [0.29, 0.717) is 26.2 Å². The van der Waals surface area contributed by atoms with Crippen molar-refractivity contribution in [3.8, 4) is 11.4 Å². The van der Waals surface area contributed by atoms with Crippen molar-refractivity contribution in [1.82, 2.24) is 14.9 Å². The maximum absolute atomic E-state index is 6.15. The monoisotopic (exact) mass is 426 g/mol. The van der Waals surface area contributed by atoms with Gasteiger partial charge in [-0.2, -0.15) is 14.9 Å². The molecule has 0 spiro atoms. The second-order valence-corrected chi connectivity index (χ2v) is 6.58. The second-order valence-electron chi connectivity index (χ2n) is 4.52. The number of nitrogens with zero attached hydrogens (tertiary/aromatic N) is 3. The van der Waals surface area contributed by atoms with Gasteiger partial charge in [-0.25, -0.2) is 5.10 Å². The van der Waals surface area contributed by atoms with Crippen LogP contribution >= 0.6 is 51.3 Å². The Hall–Kier alpha value is -1.47. The van der Waals surface area contributed by atoms with E-state index >= 15 is 0 Å². The number of benzene rings is 2. The number of halogens is 3. The number of rotatable bonds is 3. The van der Waals surface area contributed by atoms with Crippen molar-refractivity contribution in [3.63, 3.8) is 0 Å². The smallest absolute Gasteiger partial charge is 0.216 e. The molecule has 0 aliphatic rings. The average molecular weight is 428 g/mol. The summed E-state index contributed by atoms with van der Waals surface area (Å²) >= 11 is 21.0. The van der Waals surface area contributed by atoms with E-state index in [4.69, 9.17) is 35.4 Å². The van der Waals surface area contributed by atoms with Gasteiger partial charge in [0, 0.05) is 15.6 Å². The SMILES string of the molecule is S=c1[nH]nc(-c2ccccc2Br)n1N=Cc1c(Cl)cccc1Cl. The molecule has 0 radical (unpaired) electrons. The lowest BCUT2D eigenvalue weighted by Crippen LogP contribution is -1.96. The van der Waals surface area contributed by atoms with Crippen LogP contribution in [0.1, 0.15) is 5.56 Å². The van der Waals surface area contributed by atoms with Gasteiger partial charge in [0.05, 0.1) is 16.3 Å². The molecule has 116 valence electrons. The standard InChI is InChI=1S/C15H9BrCl2N4S/c16-11-5-2-1-4-9(11)14-20-21-15(23)22(14)19-8-10-12(17)6-3-7-13(10)18/h1-8H,(H,21,23). The molecule has 0 unspecified atom stereocenters. The minimum atomic E-state index is 0.371. The Morgan fingerprint density at radius 1 is 1.13 bits per heavy atom. The average Bonchev–Trinajstić information content (AvgIpc) is 2.88. The number of hydrogen-bond donors (Lipinski definition) is 1. The van der Waals surface area contributed by atoms with E-state index in [2.05, 4.69) is 31.2 Å². The van der Waals surface area contributed by atoms with Crippen molar-refractivity contribution in [2.75, 3.05) is 0 Å². The first kappa shape index (κ1) is 16.4. The first-order valence-corrected chi connectivity index (χ1v) is 8.44. The van der Waals surface area contributed by atoms with Crippen LogP contribution in [-0.4, -0.2) is 21.1 Å². The van der Waals surface area contributed by atoms with Gasteiger partial charge in [-0.3, -0.25) is 0 Å². The lowest BCUT2D eigenvalue weighted by molar-refractivity contribution is 0.871. The van der Waals surface area contributed by atoms with Gasteiger partial charge in [-0.1, -0.05) is 57.3 Å². The van der Waals surface area contributed by atoms with Crippen molar-refractivity contribution < 1.29 is 0 Å². The molecule has 1 heterocycles. The Balaban J connectivity index is 2.09. The Morgan fingerprint density at radius 2 is 1.83 bits per heavy atom. The van der Waals surface area contributed by atoms with Crippen LogP contribution in [-0.2, 0) is 0 Å². The van der Waals surface area contributed by atoms with E-state index in [9.17, 15) is 0 Å². The molecule has 0 aliphatic heterocycles. The fourth-order valence-corrected chi connectivity index (χ4v) is 3.10. The minimum absolute atomic E-state index is 0.371. The van der Waals surface area contributed by atoms with E-state index in [0.717, 1.165) is 10.0 Å². The van der Waals surface area contributed by atoms with Crippen LogP contribution in [0.5, 0.6) is 0 Å². The number of H-pyrrole nitrogens is 1. The Labute approximate surface area is 155 Å². The van der Waals surface area contributed by atoms with E-state index in [1.807, 2.05) is 24.3 Å². The van der Waals surface area contributed by atoms with Gasteiger partial charge in [0.2, 0.25) is 4.77 Å². The summed E-state index contributed by atoms with van der Waals surface area (Å²) in [6.07, 6.45) is 1.57. The normalized spacial score (nSPS) is 11.3. The van der Waals surface area contributed by atoms with Crippen LogP contribution < -0.4 is 0 Å². The largest absolute Gasteiger partial charge is 0.250 e. The fourth-order valence-electron chi connectivity index (χ4n) is 1.97. The van der Waals surface area contributed by atoms with Crippen LogP contribution in [0.25, 0.3) is 11.4 Å². The minimum Gasteiger partial charge on any atom is -0.250 e. The van der Waals surface area contributed by atoms with Crippen LogP contribution in [0.2, 0.25) is 10.0 Å². The van der Waals surface area contributed by atoms with Gasteiger partial charge >= 0.3 is 0 Å². The predicted octanol–water partition coefficient (Wildman–Crippen LogP) is 5.56. The molecule has 0 amide bonds. The number of hydrogen-bond acceptors (Lipinski definition) is 3. The lowest BCUT2D eigenvalue weighted by atomic mass is 10.2. The van der Waals surface area contributed by atoms with E-state index in [1.165, 1.54) is 4.68 Å². The third kappa shape index (κ3) is 3.40. The molecule has 8 heteroatoms. The van der Waals surface area contributed by atoms with Crippen molar-refractivity contribution in [2.24, 2.45) is 5.10 Å². The molecule has 1 aromatic heterocycles. The molecule has 0 saturated carbocycles. The zero-order valence-corrected chi connectivity index (χ0v) is 15.4. The van der Waals surface area contributed by atoms with E-state index in [-0.39, 0.29) is 0 Å². The fraction of sp³-hybridized carbons (Fsp3) is 0. The molecule has 0 saturated heterocycles. The summed E-state index contributed by atoms with van der Waals surface area (Å²) in [5, 5.41) is 12.4. The van der Waals surface area contributed by atoms with Crippen molar-refractivity contribution in [3.05, 3.63) is 67.3 Å². The van der Waals surface area contributed by atoms with E-state index < -0.39 is 0 Å². The van der Waals surface area contributed by atoms with Gasteiger partial charge in [0.1, 0.15) is 0 Å². The van der Waals surface area contributed by atoms with E-state index in [1.54, 1.807) is 24.4 Å². The highest BCUT2D eigenvalue weighted by molar-refractivity contribution is 9.10. The summed E-state index contributed by atoms with van der Waals surface area (Å²) in [5.41, 5.74) is 1.49. The van der Waals surface area contributed by atoms with Gasteiger partial charge in [0.25, 0.3) is 0 Å². The molecule has 0 bridgehead atoms. The van der Waals surface area contributed by atoms with Gasteiger partial charge < -0.3 is 0 Å². The van der Waals surface area contributed by atoms with Crippen LogP contribution in [0, 0.1) is 4.77 Å². The van der Waals surface area contributed by atoms with Crippen molar-refractivity contribution in [1.29, 1.82) is 0 Å². The lowest BCUT2D eigenvalue weighted by Gasteiger charge is -2.04. The number of aromatic amines is 1. The zero-order valence-electron chi connectivity index (χ0n) is 11.5. The topological polar surface area (TPSA) is 46.0 Å². The van der Waals surface area contributed by atoms with Crippen LogP contribution in [0.4, 0.5) is 0 Å². The summed E-state index contributed by atoms with van der Waals surface area (Å²) < 4.78 is 2.78. The molecular formula is C15H9BrCl2N4S. The zero-order chi connectivity index (χ0) is 16.4. The molecule has 2 aromatic carbocycles. The highest BCUT2D eigenvalue weighted by Gasteiger charge is 2.11. The third-order valence-electron chi connectivity index (χ3n) is 3.07. The molecular weight excluding hydrogens is 419 g/mol. The maximum Gasteiger partial charge on any atom is 0.216 e. The highest BCUT2D eigenvalue weighted by Crippen LogP contribution is 2.27. The second kappa shape index (κ2) is 6.97. The van der Waals surface area contributed by atoms with Crippen LogP contribution in [0.15, 0.2) is 52.0 Å². The summed E-state index contributed by atoms with van der Waals surface area (Å²) in [6, 6.07) is 13.0. The first-order valence-electron chi connectivity index (χ1n) is 6.48. The van der Waals surface area contributed by atoms with Crippen molar-refractivity contribution >= 4 is 57.6 Å². The maximum atomic E-state index is 6.15. The molecule has 1 N–H and O–H groups in total. The molecule has 3 aromatic rings. The van der Waals surface area contributed by atoms with Crippen LogP contribution in [0.3, 0.4) is 0 Å². The molecule has 0 fully saturated rings. The Kier molecular flexibility index (Phi) is 4.96. The Morgan fingerprint density at radius 3 is 2.52 bits per heavy atom. The number of nitrogens with one attached hydrogen (secondary N) is 1. The third-order valence-corrected chi connectivity index (χ3v) is 4.68. The highest BCUT2D eigenvalue weighted by atomic mass is 79.9. The molecule has 4 nitrogen and oxygen atoms in total. The van der Waals surface area contributed by atoms with Gasteiger partial charge in [-0.05, 0) is 36.5 Å². The van der Waals surface area contributed by atoms with Gasteiger partial charge in [0.15, 0.2) is 5.82 Å². The summed E-state index contributed by atoms with van der Waals surface area (Å²) in [5.74, 6) is 0.585. The summed E-state index contributed by atoms with van der Waals surface area (Å²) in [4.78, 5) is 0. The predicted molar refractivity (Wildman–Crippen MR) is 100 cm³/mol. The summed E-state index contributed by atoms with van der Waals surface area (Å²) in [6.45, 7) is 0. The molecule has 23 heavy (non-hydrogen) atoms. The quantitative estimate of drug-likeness (QED) is 0.439. The number of aromatic nitrogens is 3. The first-order chi connectivity index (χ1) is 11.1. The van der Waals surface area contributed by atoms with Gasteiger partial charge in [-0.15, -0.1) is 0 Å². The molecule has 3 rings (SSSR count). The Bertz CT molecular complexity index is 928. The summed E-state index contributed by atoms with van der Waals surface area (Å²) in [7, 11) is 0.